The van der Waals surface area contributed by atoms with Crippen LogP contribution in [0, 0.1) is 17.8 Å². The number of aliphatic hydroxyl groups excluding tert-OH is 1. The zero-order valence-electron chi connectivity index (χ0n) is 12.4. The van der Waals surface area contributed by atoms with Crippen molar-refractivity contribution in [3.8, 4) is 11.8 Å². The van der Waals surface area contributed by atoms with Gasteiger partial charge in [-0.2, -0.15) is 0 Å². The zero-order chi connectivity index (χ0) is 15.0. The molecule has 2 atom stereocenters. The quantitative estimate of drug-likeness (QED) is 0.810. The number of nitrogens with one attached hydrogen (secondary N) is 1. The third-order valence-corrected chi connectivity index (χ3v) is 3.23. The minimum absolute atomic E-state index is 0.0415. The van der Waals surface area contributed by atoms with Gasteiger partial charge in [0.05, 0.1) is 6.04 Å². The number of hydrogen-bond donors (Lipinski definition) is 2. The summed E-state index contributed by atoms with van der Waals surface area (Å²) in [6.07, 6.45) is 1.91. The molecule has 108 valence electrons. The molecule has 0 aliphatic rings. The highest BCUT2D eigenvalue weighted by atomic mass is 16.2. The molecule has 0 aliphatic heterocycles. The number of amides is 1. The first-order chi connectivity index (χ1) is 9.58. The van der Waals surface area contributed by atoms with Crippen molar-refractivity contribution < 1.29 is 9.90 Å². The third kappa shape index (κ3) is 5.07. The third-order valence-electron chi connectivity index (χ3n) is 3.23. The summed E-state index contributed by atoms with van der Waals surface area (Å²) >= 11 is 0. The van der Waals surface area contributed by atoms with Crippen LogP contribution in [-0.4, -0.2) is 17.6 Å². The lowest BCUT2D eigenvalue weighted by molar-refractivity contribution is -0.125. The van der Waals surface area contributed by atoms with Crippen LogP contribution in [0.3, 0.4) is 0 Å². The Hall–Kier alpha value is -1.79. The fourth-order valence-corrected chi connectivity index (χ4v) is 2.03. The van der Waals surface area contributed by atoms with Gasteiger partial charge in [0.2, 0.25) is 5.91 Å². The van der Waals surface area contributed by atoms with E-state index in [1.54, 1.807) is 0 Å². The Balaban J connectivity index is 2.72. The summed E-state index contributed by atoms with van der Waals surface area (Å²) in [4.78, 5) is 12.0. The Labute approximate surface area is 121 Å². The first-order valence-corrected chi connectivity index (χ1v) is 7.08. The molecular weight excluding hydrogens is 250 g/mol. The van der Waals surface area contributed by atoms with Crippen molar-refractivity contribution in [3.63, 3.8) is 0 Å². The molecule has 1 aromatic carbocycles. The van der Waals surface area contributed by atoms with Crippen molar-refractivity contribution in [2.45, 2.75) is 39.7 Å². The summed E-state index contributed by atoms with van der Waals surface area (Å²) in [6, 6.07) is 7.67. The minimum atomic E-state index is -0.148. The predicted molar refractivity (Wildman–Crippen MR) is 81.0 cm³/mol. The van der Waals surface area contributed by atoms with Gasteiger partial charge in [0.1, 0.15) is 6.61 Å². The number of carbonyl (C=O) groups excluding carboxylic acids is 1. The highest BCUT2D eigenvalue weighted by molar-refractivity contribution is 5.78. The zero-order valence-corrected chi connectivity index (χ0v) is 12.4. The molecule has 1 rings (SSSR count). The lowest BCUT2D eigenvalue weighted by Gasteiger charge is -2.17. The monoisotopic (exact) mass is 273 g/mol. The van der Waals surface area contributed by atoms with Crippen LogP contribution in [0.1, 0.15) is 50.8 Å². The molecular formula is C17H23NO2. The van der Waals surface area contributed by atoms with E-state index in [1.165, 1.54) is 0 Å². The van der Waals surface area contributed by atoms with E-state index in [9.17, 15) is 4.79 Å². The molecule has 2 unspecified atom stereocenters. The van der Waals surface area contributed by atoms with Gasteiger partial charge < -0.3 is 10.4 Å². The number of rotatable bonds is 5. The van der Waals surface area contributed by atoms with Gasteiger partial charge >= 0.3 is 0 Å². The number of benzene rings is 1. The Morgan fingerprint density at radius 2 is 2.15 bits per heavy atom. The van der Waals surface area contributed by atoms with Gasteiger partial charge in [-0.25, -0.2) is 0 Å². The summed E-state index contributed by atoms with van der Waals surface area (Å²) in [5.74, 6) is 5.63. The largest absolute Gasteiger partial charge is 0.384 e. The van der Waals surface area contributed by atoms with E-state index in [-0.39, 0.29) is 24.5 Å². The molecule has 0 heterocycles. The van der Waals surface area contributed by atoms with Crippen LogP contribution in [0.2, 0.25) is 0 Å². The van der Waals surface area contributed by atoms with E-state index in [2.05, 4.69) is 24.1 Å². The standard InChI is InChI=1S/C17H23NO2/c1-4-7-13(2)17(20)18-14(3)16-10-5-8-15(12-16)9-6-11-19/h5,8,10,12-14,19H,4,7,11H2,1-3H3,(H,18,20). The fourth-order valence-electron chi connectivity index (χ4n) is 2.03. The van der Waals surface area contributed by atoms with E-state index in [0.717, 1.165) is 24.0 Å². The van der Waals surface area contributed by atoms with Crippen LogP contribution >= 0.6 is 0 Å². The van der Waals surface area contributed by atoms with Crippen LogP contribution in [0.25, 0.3) is 0 Å². The van der Waals surface area contributed by atoms with Crippen molar-refractivity contribution in [3.05, 3.63) is 35.4 Å². The summed E-state index contributed by atoms with van der Waals surface area (Å²) in [6.45, 7) is 5.85. The molecule has 1 aromatic rings. The predicted octanol–water partition coefficient (Wildman–Crippen LogP) is 2.64. The first kappa shape index (κ1) is 16.3. The first-order valence-electron chi connectivity index (χ1n) is 7.08. The molecule has 0 spiro atoms. The Bertz CT molecular complexity index is 499. The Morgan fingerprint density at radius 3 is 2.80 bits per heavy atom. The van der Waals surface area contributed by atoms with Crippen molar-refractivity contribution in [2.24, 2.45) is 5.92 Å². The van der Waals surface area contributed by atoms with Gasteiger partial charge in [0.15, 0.2) is 0 Å². The van der Waals surface area contributed by atoms with Crippen LogP contribution < -0.4 is 5.32 Å². The van der Waals surface area contributed by atoms with Gasteiger partial charge in [-0.15, -0.1) is 0 Å². The van der Waals surface area contributed by atoms with Crippen LogP contribution in [0.15, 0.2) is 24.3 Å². The van der Waals surface area contributed by atoms with Crippen molar-refractivity contribution in [1.29, 1.82) is 0 Å². The van der Waals surface area contributed by atoms with E-state index in [1.807, 2.05) is 38.1 Å². The molecule has 1 amide bonds. The Morgan fingerprint density at radius 1 is 1.40 bits per heavy atom. The lowest BCUT2D eigenvalue weighted by atomic mass is 10.0. The van der Waals surface area contributed by atoms with Gasteiger partial charge in [0, 0.05) is 11.5 Å². The molecule has 20 heavy (non-hydrogen) atoms. The van der Waals surface area contributed by atoms with Crippen molar-refractivity contribution in [1.82, 2.24) is 5.32 Å². The maximum atomic E-state index is 12.0. The molecule has 0 radical (unpaired) electrons. The summed E-state index contributed by atoms with van der Waals surface area (Å²) in [5.41, 5.74) is 1.87. The van der Waals surface area contributed by atoms with Gasteiger partial charge in [0.25, 0.3) is 0 Å². The lowest BCUT2D eigenvalue weighted by Crippen LogP contribution is -2.31. The van der Waals surface area contributed by atoms with Crippen molar-refractivity contribution in [2.75, 3.05) is 6.61 Å². The maximum Gasteiger partial charge on any atom is 0.223 e. The molecule has 0 fully saturated rings. The molecule has 0 aromatic heterocycles. The Kier molecular flexibility index (Phi) is 6.83. The second-order valence-corrected chi connectivity index (χ2v) is 5.01. The second kappa shape index (κ2) is 8.39. The van der Waals surface area contributed by atoms with Crippen LogP contribution in [-0.2, 0) is 4.79 Å². The molecule has 0 saturated carbocycles. The molecule has 0 saturated heterocycles. The van der Waals surface area contributed by atoms with Crippen LogP contribution in [0.5, 0.6) is 0 Å². The van der Waals surface area contributed by atoms with Crippen molar-refractivity contribution >= 4 is 5.91 Å². The summed E-state index contributed by atoms with van der Waals surface area (Å²) in [7, 11) is 0. The molecule has 3 nitrogen and oxygen atoms in total. The fraction of sp³-hybridized carbons (Fsp3) is 0.471. The van der Waals surface area contributed by atoms with Gasteiger partial charge in [-0.1, -0.05) is 44.2 Å². The topological polar surface area (TPSA) is 49.3 Å². The SMILES string of the molecule is CCCC(C)C(=O)NC(C)c1cccc(C#CCO)c1. The average Bonchev–Trinajstić information content (AvgIpc) is 2.45. The van der Waals surface area contributed by atoms with E-state index < -0.39 is 0 Å². The van der Waals surface area contributed by atoms with Gasteiger partial charge in [-0.3, -0.25) is 4.79 Å². The summed E-state index contributed by atoms with van der Waals surface area (Å²) < 4.78 is 0. The minimum Gasteiger partial charge on any atom is -0.384 e. The number of carbonyl (C=O) groups is 1. The molecule has 3 heteroatoms. The summed E-state index contributed by atoms with van der Waals surface area (Å²) in [5, 5.41) is 11.7. The molecule has 2 N–H and O–H groups in total. The average molecular weight is 273 g/mol. The van der Waals surface area contributed by atoms with E-state index in [0.29, 0.717) is 0 Å². The second-order valence-electron chi connectivity index (χ2n) is 5.01. The van der Waals surface area contributed by atoms with E-state index >= 15 is 0 Å². The highest BCUT2D eigenvalue weighted by Gasteiger charge is 2.15. The van der Waals surface area contributed by atoms with Gasteiger partial charge in [-0.05, 0) is 31.0 Å². The number of hydrogen-bond acceptors (Lipinski definition) is 2. The maximum absolute atomic E-state index is 12.0. The number of aliphatic hydroxyl groups is 1. The highest BCUT2D eigenvalue weighted by Crippen LogP contribution is 2.15. The smallest absolute Gasteiger partial charge is 0.223 e. The molecule has 0 aliphatic carbocycles. The normalized spacial score (nSPS) is 13.0. The van der Waals surface area contributed by atoms with Crippen LogP contribution in [0.4, 0.5) is 0 Å². The van der Waals surface area contributed by atoms with E-state index in [4.69, 9.17) is 5.11 Å². The molecule has 0 bridgehead atoms.